The Morgan fingerprint density at radius 3 is 2.35 bits per heavy atom. The number of carbonyl (C=O) groups is 1. The summed E-state index contributed by atoms with van der Waals surface area (Å²) in [5.74, 6) is -1.63. The second kappa shape index (κ2) is 8.41. The van der Waals surface area contributed by atoms with Gasteiger partial charge in [0.25, 0.3) is 0 Å². The van der Waals surface area contributed by atoms with Gasteiger partial charge in [-0.05, 0) is 30.9 Å². The van der Waals surface area contributed by atoms with E-state index >= 15 is 0 Å². The summed E-state index contributed by atoms with van der Waals surface area (Å²) in [5.41, 5.74) is -0.202. The first kappa shape index (κ1) is 19.2. The highest BCUT2D eigenvalue weighted by Gasteiger charge is 2.36. The molecule has 2 aliphatic rings. The molecule has 0 spiro atoms. The molecular formula is C19H26F2N2O3. The van der Waals surface area contributed by atoms with Crippen molar-refractivity contribution in [3.05, 3.63) is 35.4 Å². The predicted octanol–water partition coefficient (Wildman–Crippen LogP) is 1.03. The molecule has 0 saturated carbocycles. The number of piperidine rings is 1. The highest BCUT2D eigenvalue weighted by atomic mass is 19.1. The van der Waals surface area contributed by atoms with Crippen molar-refractivity contribution in [1.82, 2.24) is 9.80 Å². The summed E-state index contributed by atoms with van der Waals surface area (Å²) >= 11 is 0. The van der Waals surface area contributed by atoms with Crippen molar-refractivity contribution in [2.75, 3.05) is 39.3 Å². The fourth-order valence-corrected chi connectivity index (χ4v) is 3.95. The molecule has 2 N–H and O–H groups in total. The number of carbonyl (C=O) groups excluding carboxylic acids is 1. The molecular weight excluding hydrogens is 342 g/mol. The van der Waals surface area contributed by atoms with Crippen molar-refractivity contribution in [2.45, 2.75) is 25.4 Å². The molecule has 5 nitrogen and oxygen atoms in total. The van der Waals surface area contributed by atoms with Crippen LogP contribution in [0.1, 0.15) is 18.4 Å². The third-order valence-corrected chi connectivity index (χ3v) is 5.60. The smallest absolute Gasteiger partial charge is 0.227 e. The topological polar surface area (TPSA) is 64.0 Å². The minimum absolute atomic E-state index is 0.0149. The van der Waals surface area contributed by atoms with Crippen LogP contribution >= 0.6 is 0 Å². The van der Waals surface area contributed by atoms with Crippen molar-refractivity contribution in [2.24, 2.45) is 11.8 Å². The van der Waals surface area contributed by atoms with Gasteiger partial charge in [-0.25, -0.2) is 8.78 Å². The van der Waals surface area contributed by atoms with Gasteiger partial charge >= 0.3 is 0 Å². The third-order valence-electron chi connectivity index (χ3n) is 5.60. The zero-order valence-electron chi connectivity index (χ0n) is 14.8. The van der Waals surface area contributed by atoms with Crippen molar-refractivity contribution in [3.8, 4) is 0 Å². The largest absolute Gasteiger partial charge is 0.396 e. The van der Waals surface area contributed by atoms with Gasteiger partial charge in [0.1, 0.15) is 11.6 Å². The molecule has 2 heterocycles. The van der Waals surface area contributed by atoms with E-state index in [-0.39, 0.29) is 42.4 Å². The number of nitrogens with zero attached hydrogens (tertiary/aromatic N) is 2. The molecule has 2 aliphatic heterocycles. The van der Waals surface area contributed by atoms with Gasteiger partial charge in [0, 0.05) is 50.8 Å². The van der Waals surface area contributed by atoms with Crippen LogP contribution in [0.2, 0.25) is 0 Å². The Hall–Kier alpha value is -1.57. The van der Waals surface area contributed by atoms with E-state index in [1.807, 2.05) is 0 Å². The van der Waals surface area contributed by atoms with Crippen molar-refractivity contribution in [3.63, 3.8) is 0 Å². The van der Waals surface area contributed by atoms with E-state index in [4.69, 9.17) is 0 Å². The van der Waals surface area contributed by atoms with E-state index in [1.165, 1.54) is 6.07 Å². The lowest BCUT2D eigenvalue weighted by Crippen LogP contribution is -2.41. The number of benzene rings is 1. The second-order valence-corrected chi connectivity index (χ2v) is 7.41. The second-order valence-electron chi connectivity index (χ2n) is 7.41. The number of hydrogen-bond acceptors (Lipinski definition) is 4. The van der Waals surface area contributed by atoms with Gasteiger partial charge in [-0.1, -0.05) is 6.07 Å². The normalized spacial score (nSPS) is 25.0. The SMILES string of the molecule is O=C(Cc1c(F)cccc1F)N1CC(CO)C(CN2CCC(O)CC2)C1. The number of amides is 1. The summed E-state index contributed by atoms with van der Waals surface area (Å²) in [4.78, 5) is 16.4. The number of likely N-dealkylation sites (tertiary alicyclic amines) is 2. The molecule has 0 bridgehead atoms. The Morgan fingerprint density at radius 2 is 1.73 bits per heavy atom. The average molecular weight is 368 g/mol. The van der Waals surface area contributed by atoms with Gasteiger partial charge in [-0.15, -0.1) is 0 Å². The van der Waals surface area contributed by atoms with E-state index in [0.29, 0.717) is 13.1 Å². The third kappa shape index (κ3) is 4.39. The fraction of sp³-hybridized carbons (Fsp3) is 0.632. The fourth-order valence-electron chi connectivity index (χ4n) is 3.95. The van der Waals surface area contributed by atoms with Gasteiger partial charge in [0.05, 0.1) is 12.5 Å². The lowest BCUT2D eigenvalue weighted by Gasteiger charge is -2.32. The Morgan fingerprint density at radius 1 is 1.12 bits per heavy atom. The number of rotatable bonds is 5. The summed E-state index contributed by atoms with van der Waals surface area (Å²) in [6.07, 6.45) is 0.939. The van der Waals surface area contributed by atoms with Gasteiger partial charge in [0.15, 0.2) is 0 Å². The van der Waals surface area contributed by atoms with E-state index in [0.717, 1.165) is 44.6 Å². The van der Waals surface area contributed by atoms with Crippen LogP contribution in [0.5, 0.6) is 0 Å². The molecule has 0 aliphatic carbocycles. The minimum atomic E-state index is -0.709. The molecule has 7 heteroatoms. The van der Waals surface area contributed by atoms with E-state index in [2.05, 4.69) is 4.90 Å². The molecule has 2 atom stereocenters. The monoisotopic (exact) mass is 368 g/mol. The van der Waals surface area contributed by atoms with Crippen LogP contribution in [0, 0.1) is 23.5 Å². The van der Waals surface area contributed by atoms with Gasteiger partial charge in [-0.3, -0.25) is 4.79 Å². The molecule has 2 fully saturated rings. The van der Waals surface area contributed by atoms with Crippen LogP contribution < -0.4 is 0 Å². The van der Waals surface area contributed by atoms with Crippen LogP contribution in [-0.4, -0.2) is 71.4 Å². The van der Waals surface area contributed by atoms with E-state index in [1.54, 1.807) is 4.90 Å². The molecule has 1 aromatic carbocycles. The van der Waals surface area contributed by atoms with E-state index in [9.17, 15) is 23.8 Å². The maximum atomic E-state index is 13.8. The average Bonchev–Trinajstić information content (AvgIpc) is 3.03. The number of hydrogen-bond donors (Lipinski definition) is 2. The van der Waals surface area contributed by atoms with Crippen LogP contribution in [-0.2, 0) is 11.2 Å². The molecule has 1 amide bonds. The summed E-state index contributed by atoms with van der Waals surface area (Å²) in [7, 11) is 0. The van der Waals surface area contributed by atoms with Gasteiger partial charge in [-0.2, -0.15) is 0 Å². The first-order valence-corrected chi connectivity index (χ1v) is 9.20. The van der Waals surface area contributed by atoms with Crippen molar-refractivity contribution in [1.29, 1.82) is 0 Å². The zero-order valence-corrected chi connectivity index (χ0v) is 14.8. The Labute approximate surface area is 152 Å². The van der Waals surface area contributed by atoms with Crippen molar-refractivity contribution >= 4 is 5.91 Å². The highest BCUT2D eigenvalue weighted by Crippen LogP contribution is 2.26. The van der Waals surface area contributed by atoms with E-state index < -0.39 is 11.6 Å². The maximum absolute atomic E-state index is 13.8. The molecule has 2 saturated heterocycles. The van der Waals surface area contributed by atoms with Crippen LogP contribution in [0.4, 0.5) is 8.78 Å². The summed E-state index contributed by atoms with van der Waals surface area (Å²) in [6, 6.07) is 3.58. The number of aliphatic hydroxyl groups is 2. The maximum Gasteiger partial charge on any atom is 0.227 e. The standard InChI is InChI=1S/C19H26F2N2O3/c20-17-2-1-3-18(21)16(17)8-19(26)23-10-13(14(11-23)12-24)9-22-6-4-15(25)5-7-22/h1-3,13-15,24-25H,4-12H2. The zero-order chi connectivity index (χ0) is 18.7. The molecule has 3 rings (SSSR count). The number of aliphatic hydroxyl groups excluding tert-OH is 2. The quantitative estimate of drug-likeness (QED) is 0.815. The minimum Gasteiger partial charge on any atom is -0.396 e. The summed E-state index contributed by atoms with van der Waals surface area (Å²) in [6.45, 7) is 3.26. The molecule has 0 aromatic heterocycles. The molecule has 2 unspecified atom stereocenters. The molecule has 144 valence electrons. The predicted molar refractivity (Wildman–Crippen MR) is 92.4 cm³/mol. The first-order valence-electron chi connectivity index (χ1n) is 9.20. The Bertz CT molecular complexity index is 615. The summed E-state index contributed by atoms with van der Waals surface area (Å²) < 4.78 is 27.6. The Kier molecular flexibility index (Phi) is 6.21. The van der Waals surface area contributed by atoms with Gasteiger partial charge < -0.3 is 20.0 Å². The van der Waals surface area contributed by atoms with Crippen molar-refractivity contribution < 1.29 is 23.8 Å². The number of halogens is 2. The molecule has 0 radical (unpaired) electrons. The molecule has 26 heavy (non-hydrogen) atoms. The lowest BCUT2D eigenvalue weighted by atomic mass is 9.95. The lowest BCUT2D eigenvalue weighted by molar-refractivity contribution is -0.129. The first-order chi connectivity index (χ1) is 12.5. The van der Waals surface area contributed by atoms with Gasteiger partial charge in [0.2, 0.25) is 5.91 Å². The molecule has 1 aromatic rings. The highest BCUT2D eigenvalue weighted by molar-refractivity contribution is 5.79. The Balaban J connectivity index is 1.60. The van der Waals surface area contributed by atoms with Crippen LogP contribution in [0.3, 0.4) is 0 Å². The van der Waals surface area contributed by atoms with Crippen LogP contribution in [0.15, 0.2) is 18.2 Å². The van der Waals surface area contributed by atoms with Crippen LogP contribution in [0.25, 0.3) is 0 Å². The summed E-state index contributed by atoms with van der Waals surface area (Å²) in [5, 5.41) is 19.3.